The largest absolute Gasteiger partial charge is 0.490 e. The maximum absolute atomic E-state index is 13.1. The minimum Gasteiger partial charge on any atom is -0.490 e. The minimum atomic E-state index is -0.179. The van der Waals surface area contributed by atoms with Crippen LogP contribution in [-0.2, 0) is 0 Å². The third-order valence-corrected chi connectivity index (χ3v) is 5.75. The van der Waals surface area contributed by atoms with Gasteiger partial charge in [0.1, 0.15) is 5.82 Å². The molecule has 0 radical (unpaired) electrons. The molecule has 0 aliphatic carbocycles. The van der Waals surface area contributed by atoms with Crippen LogP contribution in [0.5, 0.6) is 11.5 Å². The van der Waals surface area contributed by atoms with Gasteiger partial charge in [-0.1, -0.05) is 17.7 Å². The lowest BCUT2D eigenvalue weighted by Crippen LogP contribution is -2.49. The van der Waals surface area contributed by atoms with E-state index in [2.05, 4.69) is 10.00 Å². The second kappa shape index (κ2) is 10.4. The van der Waals surface area contributed by atoms with Gasteiger partial charge < -0.3 is 19.3 Å². The van der Waals surface area contributed by atoms with Crippen molar-refractivity contribution in [3.8, 4) is 17.2 Å². The number of amides is 1. The Balaban J connectivity index is 1.46. The zero-order chi connectivity index (χ0) is 24.1. The molecule has 1 aliphatic heterocycles. The van der Waals surface area contributed by atoms with Gasteiger partial charge in [0.25, 0.3) is 11.5 Å². The second-order valence-electron chi connectivity index (χ2n) is 8.08. The third-order valence-electron chi connectivity index (χ3n) is 5.75. The lowest BCUT2D eigenvalue weighted by molar-refractivity contribution is 0.0746. The van der Waals surface area contributed by atoms with E-state index in [1.807, 2.05) is 49.9 Å². The van der Waals surface area contributed by atoms with Gasteiger partial charge in [-0.25, -0.2) is 0 Å². The van der Waals surface area contributed by atoms with Crippen LogP contribution in [0.15, 0.2) is 59.4 Å². The summed E-state index contributed by atoms with van der Waals surface area (Å²) >= 11 is 0. The molecule has 8 nitrogen and oxygen atoms in total. The SMILES string of the molecule is CCOc1ccc(C(=O)N2CCN(c3ccc(=O)n(-c4ccc(C)cc4)n3)CC2)cc1OCC. The van der Waals surface area contributed by atoms with Gasteiger partial charge in [0, 0.05) is 37.8 Å². The molecular weight excluding hydrogens is 432 g/mol. The molecular formula is C26H30N4O4. The number of hydrogen-bond donors (Lipinski definition) is 0. The van der Waals surface area contributed by atoms with Gasteiger partial charge >= 0.3 is 0 Å². The van der Waals surface area contributed by atoms with Crippen LogP contribution >= 0.6 is 0 Å². The van der Waals surface area contributed by atoms with Gasteiger partial charge in [0.15, 0.2) is 11.5 Å². The highest BCUT2D eigenvalue weighted by molar-refractivity contribution is 5.95. The first-order valence-electron chi connectivity index (χ1n) is 11.6. The summed E-state index contributed by atoms with van der Waals surface area (Å²) in [4.78, 5) is 29.4. The summed E-state index contributed by atoms with van der Waals surface area (Å²) in [5.74, 6) is 1.89. The van der Waals surface area contributed by atoms with Gasteiger partial charge in [-0.05, 0) is 57.2 Å². The first-order valence-corrected chi connectivity index (χ1v) is 11.6. The van der Waals surface area contributed by atoms with Gasteiger partial charge in [0.2, 0.25) is 0 Å². The number of aryl methyl sites for hydroxylation is 1. The van der Waals surface area contributed by atoms with Gasteiger partial charge in [-0.2, -0.15) is 4.68 Å². The number of ether oxygens (including phenoxy) is 2. The van der Waals surface area contributed by atoms with E-state index in [-0.39, 0.29) is 11.5 Å². The van der Waals surface area contributed by atoms with Crippen LogP contribution in [0.2, 0.25) is 0 Å². The summed E-state index contributed by atoms with van der Waals surface area (Å²) in [5.41, 5.74) is 2.25. The maximum Gasteiger partial charge on any atom is 0.271 e. The van der Waals surface area contributed by atoms with E-state index in [0.29, 0.717) is 62.3 Å². The number of nitrogens with zero attached hydrogens (tertiary/aromatic N) is 4. The van der Waals surface area contributed by atoms with Crippen molar-refractivity contribution >= 4 is 11.7 Å². The van der Waals surface area contributed by atoms with Crippen LogP contribution in [-0.4, -0.2) is 60.0 Å². The second-order valence-corrected chi connectivity index (χ2v) is 8.08. The van der Waals surface area contributed by atoms with Crippen molar-refractivity contribution in [2.75, 3.05) is 44.3 Å². The van der Waals surface area contributed by atoms with Crippen molar-refractivity contribution in [1.82, 2.24) is 14.7 Å². The highest BCUT2D eigenvalue weighted by Gasteiger charge is 2.24. The summed E-state index contributed by atoms with van der Waals surface area (Å²) in [6, 6.07) is 16.3. The number of rotatable bonds is 7. The topological polar surface area (TPSA) is 76.9 Å². The molecule has 1 aliphatic rings. The molecule has 0 saturated carbocycles. The average Bonchev–Trinajstić information content (AvgIpc) is 2.86. The molecule has 2 aromatic carbocycles. The Morgan fingerprint density at radius 2 is 1.56 bits per heavy atom. The van der Waals surface area contributed by atoms with Crippen LogP contribution in [0, 0.1) is 6.92 Å². The molecule has 1 saturated heterocycles. The van der Waals surface area contributed by atoms with Crippen molar-refractivity contribution in [3.63, 3.8) is 0 Å². The van der Waals surface area contributed by atoms with E-state index in [1.54, 1.807) is 24.3 Å². The molecule has 34 heavy (non-hydrogen) atoms. The molecule has 1 aromatic heterocycles. The van der Waals surface area contributed by atoms with Crippen LogP contribution < -0.4 is 19.9 Å². The molecule has 0 unspecified atom stereocenters. The minimum absolute atomic E-state index is 0.0405. The van der Waals surface area contributed by atoms with Crippen LogP contribution in [0.25, 0.3) is 5.69 Å². The number of anilines is 1. The summed E-state index contributed by atoms with van der Waals surface area (Å²) in [5, 5.41) is 4.58. The van der Waals surface area contributed by atoms with E-state index in [1.165, 1.54) is 10.7 Å². The Bertz CT molecular complexity index is 1200. The predicted molar refractivity (Wildman–Crippen MR) is 131 cm³/mol. The smallest absolute Gasteiger partial charge is 0.271 e. The molecule has 4 rings (SSSR count). The molecule has 0 atom stereocenters. The zero-order valence-corrected chi connectivity index (χ0v) is 19.9. The lowest BCUT2D eigenvalue weighted by atomic mass is 10.1. The monoisotopic (exact) mass is 462 g/mol. The highest BCUT2D eigenvalue weighted by Crippen LogP contribution is 2.29. The predicted octanol–water partition coefficient (Wildman–Crippen LogP) is 3.30. The normalized spacial score (nSPS) is 13.6. The van der Waals surface area contributed by atoms with Crippen LogP contribution in [0.3, 0.4) is 0 Å². The van der Waals surface area contributed by atoms with E-state index in [4.69, 9.17) is 9.47 Å². The Kier molecular flexibility index (Phi) is 7.15. The van der Waals surface area contributed by atoms with E-state index >= 15 is 0 Å². The number of benzene rings is 2. The fraction of sp³-hybridized carbons (Fsp3) is 0.346. The van der Waals surface area contributed by atoms with Gasteiger partial charge in [0.05, 0.1) is 18.9 Å². The molecule has 0 bridgehead atoms. The fourth-order valence-corrected chi connectivity index (χ4v) is 3.95. The standard InChI is InChI=1S/C26H30N4O4/c1-4-33-22-11-8-20(18-23(22)34-5-2)26(32)29-16-14-28(15-17-29)24-12-13-25(31)30(27-24)21-9-6-19(3)7-10-21/h6-13,18H,4-5,14-17H2,1-3H3. The Labute approximate surface area is 199 Å². The molecule has 1 fully saturated rings. The summed E-state index contributed by atoms with van der Waals surface area (Å²) < 4.78 is 12.7. The molecule has 0 spiro atoms. The molecule has 2 heterocycles. The summed E-state index contributed by atoms with van der Waals surface area (Å²) in [6.07, 6.45) is 0. The van der Waals surface area contributed by atoms with Gasteiger partial charge in [-0.3, -0.25) is 9.59 Å². The molecule has 3 aromatic rings. The van der Waals surface area contributed by atoms with Crippen LogP contribution in [0.4, 0.5) is 5.82 Å². The Hall–Kier alpha value is -3.81. The van der Waals surface area contributed by atoms with E-state index < -0.39 is 0 Å². The molecule has 0 N–H and O–H groups in total. The van der Waals surface area contributed by atoms with Gasteiger partial charge in [-0.15, -0.1) is 5.10 Å². The lowest BCUT2D eigenvalue weighted by Gasteiger charge is -2.35. The zero-order valence-electron chi connectivity index (χ0n) is 19.9. The fourth-order valence-electron chi connectivity index (χ4n) is 3.95. The first kappa shape index (κ1) is 23.4. The van der Waals surface area contributed by atoms with Crippen LogP contribution in [0.1, 0.15) is 29.8 Å². The van der Waals surface area contributed by atoms with E-state index in [9.17, 15) is 9.59 Å². The number of carbonyl (C=O) groups excluding carboxylic acids is 1. The first-order chi connectivity index (χ1) is 16.5. The van der Waals surface area contributed by atoms with Crippen molar-refractivity contribution in [3.05, 3.63) is 76.1 Å². The number of piperazine rings is 1. The Morgan fingerprint density at radius 1 is 0.882 bits per heavy atom. The van der Waals surface area contributed by atoms with Crippen molar-refractivity contribution in [1.29, 1.82) is 0 Å². The average molecular weight is 463 g/mol. The maximum atomic E-state index is 13.1. The molecule has 1 amide bonds. The van der Waals surface area contributed by atoms with Crippen molar-refractivity contribution in [2.24, 2.45) is 0 Å². The summed E-state index contributed by atoms with van der Waals surface area (Å²) in [7, 11) is 0. The number of aromatic nitrogens is 2. The summed E-state index contributed by atoms with van der Waals surface area (Å²) in [6.45, 7) is 9.20. The Morgan fingerprint density at radius 3 is 2.24 bits per heavy atom. The van der Waals surface area contributed by atoms with Crippen molar-refractivity contribution in [2.45, 2.75) is 20.8 Å². The quantitative estimate of drug-likeness (QED) is 0.536. The number of carbonyl (C=O) groups is 1. The number of hydrogen-bond acceptors (Lipinski definition) is 6. The van der Waals surface area contributed by atoms with E-state index in [0.717, 1.165) is 11.3 Å². The molecule has 178 valence electrons. The van der Waals surface area contributed by atoms with Crippen molar-refractivity contribution < 1.29 is 14.3 Å². The highest BCUT2D eigenvalue weighted by atomic mass is 16.5. The molecule has 8 heteroatoms. The third kappa shape index (κ3) is 5.06.